The molecule has 1 heterocycles. The van der Waals surface area contributed by atoms with Crippen LogP contribution in [-0.4, -0.2) is 39.1 Å². The molecule has 1 aliphatic heterocycles. The Kier molecular flexibility index (Phi) is 4.60. The van der Waals surface area contributed by atoms with Crippen LogP contribution in [0.3, 0.4) is 0 Å². The summed E-state index contributed by atoms with van der Waals surface area (Å²) in [4.78, 5) is 14.2. The molecule has 1 aliphatic rings. The summed E-state index contributed by atoms with van der Waals surface area (Å²) in [6.07, 6.45) is 1.55. The average molecular weight is 294 g/mol. The monoisotopic (exact) mass is 294 g/mol. The minimum atomic E-state index is -0.915. The second-order valence-corrected chi connectivity index (χ2v) is 7.02. The van der Waals surface area contributed by atoms with Gasteiger partial charge in [-0.25, -0.2) is 0 Å². The van der Waals surface area contributed by atoms with Crippen molar-refractivity contribution < 1.29 is 9.00 Å². The minimum Gasteiger partial charge on any atom is -0.318 e. The van der Waals surface area contributed by atoms with Crippen LogP contribution in [0.4, 0.5) is 0 Å². The van der Waals surface area contributed by atoms with Gasteiger partial charge in [-0.2, -0.15) is 0 Å². The largest absolute Gasteiger partial charge is 0.318 e. The molecule has 1 aromatic rings. The van der Waals surface area contributed by atoms with Gasteiger partial charge >= 0.3 is 0 Å². The lowest BCUT2D eigenvalue weighted by atomic mass is 10.1. The molecule has 4 unspecified atom stereocenters. The van der Waals surface area contributed by atoms with Gasteiger partial charge in [0.1, 0.15) is 6.17 Å². The third kappa shape index (κ3) is 3.10. The summed E-state index contributed by atoms with van der Waals surface area (Å²) in [5.74, 6) is 0.581. The molecule has 1 amide bonds. The first kappa shape index (κ1) is 15.2. The maximum absolute atomic E-state index is 12.4. The summed E-state index contributed by atoms with van der Waals surface area (Å²) in [5.41, 5.74) is 2.25. The molecule has 1 N–H and O–H groups in total. The molecule has 2 rings (SSSR count). The van der Waals surface area contributed by atoms with Crippen molar-refractivity contribution in [1.29, 1.82) is 0 Å². The van der Waals surface area contributed by atoms with Gasteiger partial charge in [0.15, 0.2) is 0 Å². The number of aryl methyl sites for hydroxylation is 1. The highest BCUT2D eigenvalue weighted by Gasteiger charge is 2.39. The summed E-state index contributed by atoms with van der Waals surface area (Å²) >= 11 is 0. The van der Waals surface area contributed by atoms with Gasteiger partial charge in [-0.3, -0.25) is 14.3 Å². The van der Waals surface area contributed by atoms with E-state index in [-0.39, 0.29) is 24.2 Å². The second-order valence-electron chi connectivity index (χ2n) is 5.54. The first-order valence-corrected chi connectivity index (χ1v) is 8.57. The normalized spacial score (nSPS) is 25.8. The van der Waals surface area contributed by atoms with Crippen molar-refractivity contribution in [1.82, 2.24) is 10.2 Å². The van der Waals surface area contributed by atoms with E-state index in [1.54, 1.807) is 6.26 Å². The van der Waals surface area contributed by atoms with E-state index in [1.807, 2.05) is 43.9 Å². The molecule has 1 aromatic carbocycles. The van der Waals surface area contributed by atoms with Crippen molar-refractivity contribution in [2.75, 3.05) is 12.0 Å². The highest BCUT2D eigenvalue weighted by molar-refractivity contribution is 7.84. The summed E-state index contributed by atoms with van der Waals surface area (Å²) in [5, 5.41) is 3.33. The Morgan fingerprint density at radius 1 is 1.45 bits per heavy atom. The van der Waals surface area contributed by atoms with Gasteiger partial charge in [0, 0.05) is 28.9 Å². The number of carbonyl (C=O) groups is 1. The lowest BCUT2D eigenvalue weighted by Crippen LogP contribution is -2.41. The van der Waals surface area contributed by atoms with Crippen molar-refractivity contribution in [3.05, 3.63) is 35.4 Å². The van der Waals surface area contributed by atoms with Gasteiger partial charge in [0.25, 0.3) is 0 Å². The number of amides is 1. The number of hydrogen-bond acceptors (Lipinski definition) is 3. The Balaban J connectivity index is 2.30. The smallest absolute Gasteiger partial charge is 0.241 e. The van der Waals surface area contributed by atoms with Crippen LogP contribution < -0.4 is 5.32 Å². The zero-order chi connectivity index (χ0) is 14.9. The predicted molar refractivity (Wildman–Crippen MR) is 81.8 cm³/mol. The number of benzene rings is 1. The first-order valence-electron chi connectivity index (χ1n) is 6.85. The van der Waals surface area contributed by atoms with Crippen LogP contribution in [0.2, 0.25) is 0 Å². The molecule has 4 atom stereocenters. The SMILES string of the molecule is Cc1cccc(C2NC(C)C(=O)N2C(C)CS(C)=O)c1. The van der Waals surface area contributed by atoms with E-state index >= 15 is 0 Å². The molecule has 1 fully saturated rings. The van der Waals surface area contributed by atoms with Gasteiger partial charge < -0.3 is 4.90 Å². The van der Waals surface area contributed by atoms with Crippen LogP contribution in [0.25, 0.3) is 0 Å². The summed E-state index contributed by atoms with van der Waals surface area (Å²) < 4.78 is 11.4. The fraction of sp³-hybridized carbons (Fsp3) is 0.533. The standard InChI is InChI=1S/C15H22N2O2S/c1-10-6-5-7-13(8-10)14-16-12(3)15(18)17(14)11(2)9-20(4)19/h5-8,11-12,14,16H,9H2,1-4H3. The fourth-order valence-corrected chi connectivity index (χ4v) is 3.57. The van der Waals surface area contributed by atoms with Crippen LogP contribution >= 0.6 is 0 Å². The van der Waals surface area contributed by atoms with Crippen LogP contribution in [0.1, 0.15) is 31.1 Å². The third-order valence-electron chi connectivity index (χ3n) is 3.62. The molecule has 0 aliphatic carbocycles. The average Bonchev–Trinajstić information content (AvgIpc) is 2.65. The minimum absolute atomic E-state index is 0.0451. The molecule has 0 radical (unpaired) electrons. The van der Waals surface area contributed by atoms with Crippen molar-refractivity contribution in [2.45, 2.75) is 39.0 Å². The molecular weight excluding hydrogens is 272 g/mol. The van der Waals surface area contributed by atoms with E-state index in [4.69, 9.17) is 0 Å². The fourth-order valence-electron chi connectivity index (χ4n) is 2.73. The highest BCUT2D eigenvalue weighted by Crippen LogP contribution is 2.28. The number of carbonyl (C=O) groups excluding carboxylic acids is 1. The van der Waals surface area contributed by atoms with Gasteiger partial charge in [-0.05, 0) is 26.3 Å². The molecule has 5 heteroatoms. The molecule has 110 valence electrons. The molecule has 1 saturated heterocycles. The molecule has 0 aromatic heterocycles. The topological polar surface area (TPSA) is 49.4 Å². The summed E-state index contributed by atoms with van der Waals surface area (Å²) in [6, 6.07) is 7.91. The van der Waals surface area contributed by atoms with E-state index < -0.39 is 10.8 Å². The molecule has 20 heavy (non-hydrogen) atoms. The van der Waals surface area contributed by atoms with E-state index in [0.29, 0.717) is 5.75 Å². The van der Waals surface area contributed by atoms with Crippen molar-refractivity contribution in [2.24, 2.45) is 0 Å². The Labute approximate surface area is 123 Å². The maximum atomic E-state index is 12.4. The van der Waals surface area contributed by atoms with Crippen LogP contribution in [0.15, 0.2) is 24.3 Å². The highest BCUT2D eigenvalue weighted by atomic mass is 32.2. The van der Waals surface area contributed by atoms with Crippen LogP contribution in [0.5, 0.6) is 0 Å². The zero-order valence-electron chi connectivity index (χ0n) is 12.4. The second kappa shape index (κ2) is 6.06. The Bertz CT molecular complexity index is 532. The quantitative estimate of drug-likeness (QED) is 0.917. The number of rotatable bonds is 4. The number of hydrogen-bond donors (Lipinski definition) is 1. The maximum Gasteiger partial charge on any atom is 0.241 e. The van der Waals surface area contributed by atoms with Crippen LogP contribution in [-0.2, 0) is 15.6 Å². The van der Waals surface area contributed by atoms with Gasteiger partial charge in [-0.1, -0.05) is 29.8 Å². The Hall–Kier alpha value is -1.20. The Morgan fingerprint density at radius 2 is 2.15 bits per heavy atom. The lowest BCUT2D eigenvalue weighted by molar-refractivity contribution is -0.131. The molecule has 0 spiro atoms. The van der Waals surface area contributed by atoms with E-state index in [0.717, 1.165) is 5.56 Å². The van der Waals surface area contributed by atoms with Crippen molar-refractivity contribution in [3.63, 3.8) is 0 Å². The molecule has 0 saturated carbocycles. The van der Waals surface area contributed by atoms with E-state index in [2.05, 4.69) is 11.4 Å². The summed E-state index contributed by atoms with van der Waals surface area (Å²) in [7, 11) is -0.915. The number of nitrogens with zero attached hydrogens (tertiary/aromatic N) is 1. The lowest BCUT2D eigenvalue weighted by Gasteiger charge is -2.30. The van der Waals surface area contributed by atoms with Gasteiger partial charge in [0.2, 0.25) is 5.91 Å². The van der Waals surface area contributed by atoms with Crippen LogP contribution in [0, 0.1) is 6.92 Å². The Morgan fingerprint density at radius 3 is 2.75 bits per heavy atom. The van der Waals surface area contributed by atoms with Gasteiger partial charge in [-0.15, -0.1) is 0 Å². The van der Waals surface area contributed by atoms with Gasteiger partial charge in [0.05, 0.1) is 6.04 Å². The molecular formula is C15H22N2O2S. The zero-order valence-corrected chi connectivity index (χ0v) is 13.2. The van der Waals surface area contributed by atoms with Crippen molar-refractivity contribution >= 4 is 16.7 Å². The molecule has 4 nitrogen and oxygen atoms in total. The number of nitrogens with one attached hydrogen (secondary N) is 1. The summed E-state index contributed by atoms with van der Waals surface area (Å²) in [6.45, 7) is 5.88. The van der Waals surface area contributed by atoms with E-state index in [1.165, 1.54) is 5.56 Å². The first-order chi connectivity index (χ1) is 9.40. The predicted octanol–water partition coefficient (Wildman–Crippen LogP) is 1.58. The third-order valence-corrected chi connectivity index (χ3v) is 4.57. The van der Waals surface area contributed by atoms with Crippen molar-refractivity contribution in [3.8, 4) is 0 Å². The van der Waals surface area contributed by atoms with E-state index in [9.17, 15) is 9.00 Å². The molecule has 0 bridgehead atoms.